The highest BCUT2D eigenvalue weighted by Gasteiger charge is 2.10. The Bertz CT molecular complexity index is 887. The highest BCUT2D eigenvalue weighted by Crippen LogP contribution is 2.25. The summed E-state index contributed by atoms with van der Waals surface area (Å²) in [5.74, 6) is 1.61. The molecule has 0 aliphatic rings. The fourth-order valence-corrected chi connectivity index (χ4v) is 2.34. The maximum atomic E-state index is 4.63. The van der Waals surface area contributed by atoms with Gasteiger partial charge in [-0.2, -0.15) is 0 Å². The SMILES string of the molecule is Cn1ccnc1-c1cccc2cn3ccnc3nc12. The van der Waals surface area contributed by atoms with Crippen molar-refractivity contribution >= 4 is 16.7 Å². The fraction of sp³-hybridized carbons (Fsp3) is 0.0714. The first-order chi connectivity index (χ1) is 9.33. The van der Waals surface area contributed by atoms with Crippen LogP contribution in [-0.2, 0) is 7.05 Å². The molecule has 0 aliphatic heterocycles. The number of imidazole rings is 2. The third kappa shape index (κ3) is 1.45. The molecule has 5 nitrogen and oxygen atoms in total. The Morgan fingerprint density at radius 3 is 2.79 bits per heavy atom. The minimum Gasteiger partial charge on any atom is -0.334 e. The van der Waals surface area contributed by atoms with E-state index in [1.807, 2.05) is 52.8 Å². The van der Waals surface area contributed by atoms with Crippen LogP contribution < -0.4 is 0 Å². The fourth-order valence-electron chi connectivity index (χ4n) is 2.34. The van der Waals surface area contributed by atoms with Gasteiger partial charge in [0.1, 0.15) is 5.82 Å². The van der Waals surface area contributed by atoms with E-state index in [4.69, 9.17) is 0 Å². The lowest BCUT2D eigenvalue weighted by molar-refractivity contribution is 0.925. The molecule has 0 spiro atoms. The summed E-state index contributed by atoms with van der Waals surface area (Å²) >= 11 is 0. The molecular weight excluding hydrogens is 238 g/mol. The highest BCUT2D eigenvalue weighted by molar-refractivity contribution is 5.92. The zero-order valence-corrected chi connectivity index (χ0v) is 10.4. The molecule has 0 aliphatic carbocycles. The van der Waals surface area contributed by atoms with Gasteiger partial charge < -0.3 is 4.57 Å². The van der Waals surface area contributed by atoms with Crippen LogP contribution in [0.2, 0.25) is 0 Å². The van der Waals surface area contributed by atoms with Gasteiger partial charge in [-0.3, -0.25) is 4.40 Å². The van der Waals surface area contributed by atoms with Crippen LogP contribution in [0.15, 0.2) is 49.2 Å². The molecule has 0 N–H and O–H groups in total. The second-order valence-electron chi connectivity index (χ2n) is 4.48. The predicted molar refractivity (Wildman–Crippen MR) is 72.7 cm³/mol. The molecular formula is C14H11N5. The van der Waals surface area contributed by atoms with Gasteiger partial charge in [-0.1, -0.05) is 12.1 Å². The summed E-state index contributed by atoms with van der Waals surface area (Å²) < 4.78 is 3.91. The highest BCUT2D eigenvalue weighted by atomic mass is 15.1. The smallest absolute Gasteiger partial charge is 0.234 e. The predicted octanol–water partition coefficient (Wildman–Crippen LogP) is 2.28. The van der Waals surface area contributed by atoms with Gasteiger partial charge in [-0.25, -0.2) is 15.0 Å². The van der Waals surface area contributed by atoms with E-state index in [-0.39, 0.29) is 0 Å². The number of rotatable bonds is 1. The summed E-state index contributed by atoms with van der Waals surface area (Å²) in [6.07, 6.45) is 9.42. The molecule has 0 radical (unpaired) electrons. The van der Waals surface area contributed by atoms with Crippen LogP contribution in [0.25, 0.3) is 28.1 Å². The first-order valence-corrected chi connectivity index (χ1v) is 6.03. The Morgan fingerprint density at radius 1 is 1.05 bits per heavy atom. The molecule has 19 heavy (non-hydrogen) atoms. The van der Waals surface area contributed by atoms with Gasteiger partial charge in [0.25, 0.3) is 0 Å². The Balaban J connectivity index is 2.13. The number of aryl methyl sites for hydroxylation is 1. The number of nitrogens with zero attached hydrogens (tertiary/aromatic N) is 5. The third-order valence-corrected chi connectivity index (χ3v) is 3.27. The minimum absolute atomic E-state index is 0.703. The van der Waals surface area contributed by atoms with Crippen LogP contribution in [0.4, 0.5) is 0 Å². The lowest BCUT2D eigenvalue weighted by Gasteiger charge is -2.06. The molecule has 1 aromatic carbocycles. The van der Waals surface area contributed by atoms with Crippen molar-refractivity contribution in [2.24, 2.45) is 7.05 Å². The quantitative estimate of drug-likeness (QED) is 0.520. The summed E-state index contributed by atoms with van der Waals surface area (Å²) in [4.78, 5) is 13.3. The van der Waals surface area contributed by atoms with Crippen molar-refractivity contribution in [3.63, 3.8) is 0 Å². The van der Waals surface area contributed by atoms with E-state index in [1.54, 1.807) is 12.4 Å². The van der Waals surface area contributed by atoms with Crippen molar-refractivity contribution in [3.05, 3.63) is 49.2 Å². The zero-order chi connectivity index (χ0) is 12.8. The summed E-state index contributed by atoms with van der Waals surface area (Å²) in [6.45, 7) is 0. The van der Waals surface area contributed by atoms with Gasteiger partial charge in [0.2, 0.25) is 5.78 Å². The van der Waals surface area contributed by atoms with Gasteiger partial charge in [-0.15, -0.1) is 0 Å². The zero-order valence-electron chi connectivity index (χ0n) is 10.4. The van der Waals surface area contributed by atoms with Crippen molar-refractivity contribution in [1.29, 1.82) is 0 Å². The molecule has 0 saturated carbocycles. The largest absolute Gasteiger partial charge is 0.334 e. The Morgan fingerprint density at radius 2 is 1.95 bits per heavy atom. The molecule has 4 rings (SSSR count). The third-order valence-electron chi connectivity index (χ3n) is 3.27. The number of para-hydroxylation sites is 1. The van der Waals surface area contributed by atoms with E-state index >= 15 is 0 Å². The average molecular weight is 249 g/mol. The van der Waals surface area contributed by atoms with Crippen LogP contribution in [0.1, 0.15) is 0 Å². The molecule has 3 aromatic heterocycles. The monoisotopic (exact) mass is 249 g/mol. The van der Waals surface area contributed by atoms with Crippen molar-refractivity contribution in [2.45, 2.75) is 0 Å². The molecule has 4 aromatic rings. The lowest BCUT2D eigenvalue weighted by atomic mass is 10.1. The van der Waals surface area contributed by atoms with E-state index in [9.17, 15) is 0 Å². The van der Waals surface area contributed by atoms with Gasteiger partial charge >= 0.3 is 0 Å². The molecule has 0 unspecified atom stereocenters. The lowest BCUT2D eigenvalue weighted by Crippen LogP contribution is -1.95. The van der Waals surface area contributed by atoms with Crippen LogP contribution >= 0.6 is 0 Å². The van der Waals surface area contributed by atoms with Gasteiger partial charge in [0.05, 0.1) is 5.52 Å². The molecule has 0 saturated heterocycles. The van der Waals surface area contributed by atoms with Crippen LogP contribution in [0, 0.1) is 0 Å². The number of benzene rings is 1. The first kappa shape index (κ1) is 10.3. The Labute approximate surface area is 109 Å². The average Bonchev–Trinajstić information content (AvgIpc) is 3.03. The van der Waals surface area contributed by atoms with E-state index in [0.29, 0.717) is 5.78 Å². The summed E-state index contributed by atoms with van der Waals surface area (Å²) in [6, 6.07) is 6.11. The van der Waals surface area contributed by atoms with E-state index in [0.717, 1.165) is 22.3 Å². The minimum atomic E-state index is 0.703. The first-order valence-electron chi connectivity index (χ1n) is 6.03. The summed E-state index contributed by atoms with van der Waals surface area (Å²) in [7, 11) is 1.98. The number of hydrogen-bond donors (Lipinski definition) is 0. The van der Waals surface area contributed by atoms with Crippen molar-refractivity contribution < 1.29 is 0 Å². The van der Waals surface area contributed by atoms with Gasteiger partial charge in [-0.05, 0) is 6.07 Å². The molecule has 3 heterocycles. The molecule has 0 fully saturated rings. The number of aromatic nitrogens is 5. The maximum absolute atomic E-state index is 4.63. The van der Waals surface area contributed by atoms with Crippen LogP contribution in [0.3, 0.4) is 0 Å². The number of fused-ring (bicyclic) bond motifs is 2. The molecule has 0 bridgehead atoms. The van der Waals surface area contributed by atoms with Crippen molar-refractivity contribution in [2.75, 3.05) is 0 Å². The number of hydrogen-bond acceptors (Lipinski definition) is 3. The second-order valence-corrected chi connectivity index (χ2v) is 4.48. The summed E-state index contributed by atoms with van der Waals surface area (Å²) in [5, 5.41) is 1.08. The van der Waals surface area contributed by atoms with E-state index < -0.39 is 0 Å². The normalized spacial score (nSPS) is 11.4. The van der Waals surface area contributed by atoms with Crippen LogP contribution in [-0.4, -0.2) is 23.9 Å². The van der Waals surface area contributed by atoms with Crippen molar-refractivity contribution in [3.8, 4) is 11.4 Å². The molecule has 0 atom stereocenters. The molecule has 0 amide bonds. The van der Waals surface area contributed by atoms with Crippen molar-refractivity contribution in [1.82, 2.24) is 23.9 Å². The molecule has 5 heteroatoms. The topological polar surface area (TPSA) is 48.0 Å². The van der Waals surface area contributed by atoms with E-state index in [2.05, 4.69) is 15.0 Å². The molecule has 92 valence electrons. The Hall–Kier alpha value is -2.69. The van der Waals surface area contributed by atoms with Gasteiger partial charge in [0.15, 0.2) is 0 Å². The van der Waals surface area contributed by atoms with Crippen LogP contribution in [0.5, 0.6) is 0 Å². The standard InChI is InChI=1S/C14H11N5/c1-18-7-5-15-13(18)11-4-2-3-10-9-19-8-6-16-14(19)17-12(10)11/h2-9H,1H3. The maximum Gasteiger partial charge on any atom is 0.234 e. The van der Waals surface area contributed by atoms with Gasteiger partial charge in [0, 0.05) is 49.0 Å². The summed E-state index contributed by atoms with van der Waals surface area (Å²) in [5.41, 5.74) is 1.95. The van der Waals surface area contributed by atoms with E-state index in [1.165, 1.54) is 0 Å². The Kier molecular flexibility index (Phi) is 1.97. The second kappa shape index (κ2) is 3.65.